The summed E-state index contributed by atoms with van der Waals surface area (Å²) in [6.07, 6.45) is 11.0. The van der Waals surface area contributed by atoms with E-state index in [-0.39, 0.29) is 17.9 Å². The zero-order valence-electron chi connectivity index (χ0n) is 21.1. The van der Waals surface area contributed by atoms with Crippen molar-refractivity contribution in [2.24, 2.45) is 5.92 Å². The van der Waals surface area contributed by atoms with Gasteiger partial charge in [-0.2, -0.15) is 0 Å². The van der Waals surface area contributed by atoms with Gasteiger partial charge < -0.3 is 23.7 Å². The van der Waals surface area contributed by atoms with Crippen LogP contribution >= 0.6 is 0 Å². The number of carbonyl (C=O) groups is 2. The molecule has 0 bridgehead atoms. The van der Waals surface area contributed by atoms with Gasteiger partial charge >= 0.3 is 11.9 Å². The third kappa shape index (κ3) is 9.47. The first kappa shape index (κ1) is 27.9. The number of benzene rings is 1. The molecule has 0 saturated carbocycles. The van der Waals surface area contributed by atoms with Gasteiger partial charge in [-0.3, -0.25) is 9.59 Å². The van der Waals surface area contributed by atoms with Crippen molar-refractivity contribution >= 4 is 11.9 Å². The van der Waals surface area contributed by atoms with Crippen molar-refractivity contribution in [3.63, 3.8) is 0 Å². The number of rotatable bonds is 15. The van der Waals surface area contributed by atoms with Gasteiger partial charge in [-0.25, -0.2) is 0 Å². The summed E-state index contributed by atoms with van der Waals surface area (Å²) in [5.74, 6) is -0.356. The lowest BCUT2D eigenvalue weighted by molar-refractivity contribution is -0.143. The molecule has 0 spiro atoms. The summed E-state index contributed by atoms with van der Waals surface area (Å²) >= 11 is 0. The Morgan fingerprint density at radius 1 is 1.09 bits per heavy atom. The summed E-state index contributed by atoms with van der Waals surface area (Å²) in [5, 5.41) is 0. The summed E-state index contributed by atoms with van der Waals surface area (Å²) in [6.45, 7) is 7.02. The molecule has 1 aromatic carbocycles. The third-order valence-electron chi connectivity index (χ3n) is 5.63. The number of aryl methyl sites for hydroxylation is 1. The van der Waals surface area contributed by atoms with Gasteiger partial charge in [-0.05, 0) is 56.4 Å². The van der Waals surface area contributed by atoms with Crippen LogP contribution in [0.5, 0.6) is 11.5 Å². The van der Waals surface area contributed by atoms with Crippen molar-refractivity contribution in [1.82, 2.24) is 0 Å². The number of carbonyl (C=O) groups excluding carboxylic acids is 2. The van der Waals surface area contributed by atoms with Crippen LogP contribution in [0.3, 0.4) is 0 Å². The molecule has 0 aliphatic carbocycles. The van der Waals surface area contributed by atoms with Crippen LogP contribution in [0.15, 0.2) is 30.4 Å². The fourth-order valence-corrected chi connectivity index (χ4v) is 3.67. The van der Waals surface area contributed by atoms with Crippen LogP contribution in [-0.2, 0) is 30.2 Å². The molecule has 2 rings (SSSR count). The highest BCUT2D eigenvalue weighted by Gasteiger charge is 2.33. The van der Waals surface area contributed by atoms with E-state index in [4.69, 9.17) is 23.7 Å². The minimum absolute atomic E-state index is 0.108. The van der Waals surface area contributed by atoms with Crippen LogP contribution in [0.2, 0.25) is 0 Å². The first-order valence-corrected chi connectivity index (χ1v) is 12.4. The standard InChI is InChI=1S/C27H40O7/c1-5-31-25(28)12-10-8-6-7-9-11-16-27(32-18-19-33-27)17-15-22-13-14-23(24(20-22)30-4)34-26(29)21(2)3/h11,13-14,16,20-21H,5-10,12,15,17-19H2,1-4H3/b16-11+. The Hall–Kier alpha value is -2.38. The quantitative estimate of drug-likeness (QED) is 0.145. The molecule has 0 N–H and O–H groups in total. The number of hydrogen-bond acceptors (Lipinski definition) is 7. The molecule has 7 heteroatoms. The van der Waals surface area contributed by atoms with Gasteiger partial charge in [-0.1, -0.05) is 38.8 Å². The van der Waals surface area contributed by atoms with Crippen molar-refractivity contribution in [1.29, 1.82) is 0 Å². The van der Waals surface area contributed by atoms with E-state index in [2.05, 4.69) is 6.08 Å². The average Bonchev–Trinajstić information content (AvgIpc) is 3.29. The Morgan fingerprint density at radius 3 is 2.50 bits per heavy atom. The molecular weight excluding hydrogens is 436 g/mol. The van der Waals surface area contributed by atoms with Crippen LogP contribution in [-0.4, -0.2) is 44.7 Å². The van der Waals surface area contributed by atoms with Crippen LogP contribution in [0.25, 0.3) is 0 Å². The Labute approximate surface area is 203 Å². The predicted molar refractivity (Wildman–Crippen MR) is 130 cm³/mol. The van der Waals surface area contributed by atoms with E-state index in [1.165, 1.54) is 0 Å². The van der Waals surface area contributed by atoms with Gasteiger partial charge in [0.25, 0.3) is 0 Å². The zero-order chi connectivity index (χ0) is 24.8. The Balaban J connectivity index is 1.81. The molecule has 1 fully saturated rings. The lowest BCUT2D eigenvalue weighted by Gasteiger charge is -2.24. The van der Waals surface area contributed by atoms with Crippen molar-refractivity contribution < 1.29 is 33.3 Å². The molecule has 1 aliphatic rings. The zero-order valence-corrected chi connectivity index (χ0v) is 21.1. The molecule has 0 radical (unpaired) electrons. The number of esters is 2. The molecule has 0 unspecified atom stereocenters. The molecule has 1 saturated heterocycles. The second-order valence-electron chi connectivity index (χ2n) is 8.73. The lowest BCUT2D eigenvalue weighted by atomic mass is 10.0. The Kier molecular flexibility index (Phi) is 12.1. The maximum absolute atomic E-state index is 11.9. The first-order chi connectivity index (χ1) is 16.4. The van der Waals surface area contributed by atoms with Crippen LogP contribution in [0, 0.1) is 5.92 Å². The molecule has 190 valence electrons. The molecule has 0 amide bonds. The van der Waals surface area contributed by atoms with Crippen molar-refractivity contribution in [2.75, 3.05) is 26.9 Å². The summed E-state index contributed by atoms with van der Waals surface area (Å²) < 4.78 is 27.7. The number of hydrogen-bond donors (Lipinski definition) is 0. The van der Waals surface area contributed by atoms with E-state index in [9.17, 15) is 9.59 Å². The normalized spacial score (nSPS) is 15.1. The summed E-state index contributed by atoms with van der Waals surface area (Å²) in [6, 6.07) is 5.61. The van der Waals surface area contributed by atoms with Gasteiger partial charge in [0.05, 0.1) is 32.8 Å². The Bertz CT molecular complexity index is 794. The van der Waals surface area contributed by atoms with E-state index in [0.29, 0.717) is 44.2 Å². The maximum Gasteiger partial charge on any atom is 0.313 e. The highest BCUT2D eigenvalue weighted by atomic mass is 16.7. The molecule has 0 aromatic heterocycles. The second kappa shape index (κ2) is 14.8. The molecule has 34 heavy (non-hydrogen) atoms. The summed E-state index contributed by atoms with van der Waals surface area (Å²) in [4.78, 5) is 23.3. The van der Waals surface area contributed by atoms with Gasteiger partial charge in [-0.15, -0.1) is 0 Å². The number of unbranched alkanes of at least 4 members (excludes halogenated alkanes) is 4. The van der Waals surface area contributed by atoms with Gasteiger partial charge in [0.15, 0.2) is 17.3 Å². The molecular formula is C27H40O7. The van der Waals surface area contributed by atoms with E-state index >= 15 is 0 Å². The van der Waals surface area contributed by atoms with Gasteiger partial charge in [0.2, 0.25) is 0 Å². The largest absolute Gasteiger partial charge is 0.493 e. The fraction of sp³-hybridized carbons (Fsp3) is 0.630. The smallest absolute Gasteiger partial charge is 0.313 e. The topological polar surface area (TPSA) is 80.3 Å². The molecule has 0 atom stereocenters. The Morgan fingerprint density at radius 2 is 1.82 bits per heavy atom. The van der Waals surface area contributed by atoms with Crippen molar-refractivity contribution in [2.45, 2.75) is 77.9 Å². The fourth-order valence-electron chi connectivity index (χ4n) is 3.67. The second-order valence-corrected chi connectivity index (χ2v) is 8.73. The van der Waals surface area contributed by atoms with E-state index in [1.807, 2.05) is 25.1 Å². The minimum atomic E-state index is -0.708. The van der Waals surface area contributed by atoms with Crippen LogP contribution < -0.4 is 9.47 Å². The average molecular weight is 477 g/mol. The molecule has 1 aliphatic heterocycles. The van der Waals surface area contributed by atoms with Crippen LogP contribution in [0.1, 0.15) is 71.3 Å². The van der Waals surface area contributed by atoms with E-state index < -0.39 is 5.79 Å². The minimum Gasteiger partial charge on any atom is -0.493 e. The summed E-state index contributed by atoms with van der Waals surface area (Å²) in [7, 11) is 1.57. The highest BCUT2D eigenvalue weighted by molar-refractivity contribution is 5.75. The lowest BCUT2D eigenvalue weighted by Crippen LogP contribution is -2.28. The molecule has 1 heterocycles. The third-order valence-corrected chi connectivity index (χ3v) is 5.63. The van der Waals surface area contributed by atoms with Crippen LogP contribution in [0.4, 0.5) is 0 Å². The number of methoxy groups -OCH3 is 1. The summed E-state index contributed by atoms with van der Waals surface area (Å²) in [5.41, 5.74) is 1.05. The van der Waals surface area contributed by atoms with Crippen molar-refractivity contribution in [3.8, 4) is 11.5 Å². The maximum atomic E-state index is 11.9. The molecule has 1 aromatic rings. The van der Waals surface area contributed by atoms with E-state index in [1.54, 1.807) is 27.0 Å². The predicted octanol–water partition coefficient (Wildman–Crippen LogP) is 5.39. The SMILES string of the molecule is CCOC(=O)CCCCCC/C=C/C1(CCc2ccc(OC(=O)C(C)C)c(OC)c2)OCCO1. The monoisotopic (exact) mass is 476 g/mol. The first-order valence-electron chi connectivity index (χ1n) is 12.4. The number of allylic oxidation sites excluding steroid dienone is 1. The number of ether oxygens (including phenoxy) is 5. The van der Waals surface area contributed by atoms with Gasteiger partial charge in [0.1, 0.15) is 0 Å². The molecule has 7 nitrogen and oxygen atoms in total. The van der Waals surface area contributed by atoms with E-state index in [0.717, 1.165) is 44.1 Å². The highest BCUT2D eigenvalue weighted by Crippen LogP contribution is 2.32. The van der Waals surface area contributed by atoms with Crippen molar-refractivity contribution in [3.05, 3.63) is 35.9 Å². The van der Waals surface area contributed by atoms with Gasteiger partial charge in [0, 0.05) is 12.8 Å².